The number of benzene rings is 2. The molecular formula is C27H24ClF6N3O2. The van der Waals surface area contributed by atoms with Gasteiger partial charge in [-0.25, -0.2) is 13.6 Å². The van der Waals surface area contributed by atoms with Gasteiger partial charge in [0.1, 0.15) is 11.3 Å². The van der Waals surface area contributed by atoms with Crippen molar-refractivity contribution in [3.05, 3.63) is 94.8 Å². The number of carbonyl (C=O) groups excluding carboxylic acids is 1. The molecule has 0 spiro atoms. The Morgan fingerprint density at radius 2 is 1.74 bits per heavy atom. The van der Waals surface area contributed by atoms with E-state index < -0.39 is 48.6 Å². The number of hydrogen-bond acceptors (Lipinski definition) is 3. The van der Waals surface area contributed by atoms with Crippen LogP contribution in [0.2, 0.25) is 5.02 Å². The van der Waals surface area contributed by atoms with Gasteiger partial charge in [-0.2, -0.15) is 17.6 Å². The minimum Gasteiger partial charge on any atom is -0.428 e. The molecule has 2 heterocycles. The first-order chi connectivity index (χ1) is 18.4. The highest BCUT2D eigenvalue weighted by Gasteiger charge is 2.45. The molecule has 1 aliphatic heterocycles. The Morgan fingerprint density at radius 1 is 1.05 bits per heavy atom. The van der Waals surface area contributed by atoms with Gasteiger partial charge in [0.15, 0.2) is 0 Å². The lowest BCUT2D eigenvalue weighted by molar-refractivity contribution is -0.253. The van der Waals surface area contributed by atoms with Gasteiger partial charge in [-0.3, -0.25) is 4.98 Å². The molecule has 0 unspecified atom stereocenters. The molecule has 208 valence electrons. The van der Waals surface area contributed by atoms with Crippen molar-refractivity contribution in [1.29, 1.82) is 0 Å². The SMILES string of the molecule is O=C(N[C@@](Cc1ccccc1)(c1cccc(OC(F)(F)C(F)F)c1)c1ccc(Cl)cn1)N1CCC(F)(F)CC1. The summed E-state index contributed by atoms with van der Waals surface area (Å²) in [5.74, 6) is -3.46. The first kappa shape index (κ1) is 28.5. The van der Waals surface area contributed by atoms with Gasteiger partial charge in [0, 0.05) is 38.5 Å². The summed E-state index contributed by atoms with van der Waals surface area (Å²) < 4.78 is 85.0. The number of piperidine rings is 1. The Labute approximate surface area is 225 Å². The molecule has 12 heteroatoms. The lowest BCUT2D eigenvalue weighted by Gasteiger charge is -2.39. The van der Waals surface area contributed by atoms with Crippen molar-refractivity contribution >= 4 is 17.6 Å². The van der Waals surface area contributed by atoms with Gasteiger partial charge in [-0.05, 0) is 35.4 Å². The molecule has 2 aromatic carbocycles. The molecule has 1 fully saturated rings. The summed E-state index contributed by atoms with van der Waals surface area (Å²) in [7, 11) is 0. The van der Waals surface area contributed by atoms with Crippen LogP contribution in [0.25, 0.3) is 0 Å². The van der Waals surface area contributed by atoms with Crippen LogP contribution in [0.5, 0.6) is 5.75 Å². The standard InChI is InChI=1S/C27H24ClF6N3O2/c28-20-9-10-22(35-17-20)26(16-18-5-2-1-3-6-18,36-24(38)37-13-11-25(31,32)12-14-37)19-7-4-8-21(15-19)39-27(33,34)23(29)30/h1-10,15,17,23H,11-14,16H2,(H,36,38)/t26-/m0/s1. The Morgan fingerprint density at radius 3 is 2.36 bits per heavy atom. The highest BCUT2D eigenvalue weighted by atomic mass is 35.5. The summed E-state index contributed by atoms with van der Waals surface area (Å²) in [5.41, 5.74) is -0.449. The van der Waals surface area contributed by atoms with Crippen LogP contribution in [-0.2, 0) is 12.0 Å². The Bertz CT molecular complexity index is 1270. The summed E-state index contributed by atoms with van der Waals surface area (Å²) >= 11 is 6.05. The monoisotopic (exact) mass is 571 g/mol. The third kappa shape index (κ3) is 6.76. The van der Waals surface area contributed by atoms with Crippen LogP contribution in [-0.4, -0.2) is 47.5 Å². The van der Waals surface area contributed by atoms with Crippen molar-refractivity contribution in [2.24, 2.45) is 0 Å². The zero-order valence-corrected chi connectivity index (χ0v) is 21.2. The number of amides is 2. The average Bonchev–Trinajstić information content (AvgIpc) is 2.89. The van der Waals surface area contributed by atoms with Crippen LogP contribution in [0.15, 0.2) is 72.9 Å². The summed E-state index contributed by atoms with van der Waals surface area (Å²) in [6.45, 7) is -0.421. The summed E-state index contributed by atoms with van der Waals surface area (Å²) in [6, 6.07) is 16.2. The van der Waals surface area contributed by atoms with E-state index in [1.54, 1.807) is 30.3 Å². The van der Waals surface area contributed by atoms with Gasteiger partial charge in [0.2, 0.25) is 0 Å². The van der Waals surface area contributed by atoms with E-state index >= 15 is 0 Å². The van der Waals surface area contributed by atoms with Gasteiger partial charge < -0.3 is 15.0 Å². The fourth-order valence-electron chi connectivity index (χ4n) is 4.38. The molecule has 5 nitrogen and oxygen atoms in total. The fourth-order valence-corrected chi connectivity index (χ4v) is 4.49. The molecule has 0 saturated carbocycles. The summed E-state index contributed by atoms with van der Waals surface area (Å²) in [6.07, 6.45) is -8.51. The van der Waals surface area contributed by atoms with Crippen LogP contribution in [0.1, 0.15) is 29.7 Å². The molecule has 1 aromatic heterocycles. The first-order valence-electron chi connectivity index (χ1n) is 12.0. The second kappa shape index (κ2) is 11.3. The van der Waals surface area contributed by atoms with Crippen LogP contribution >= 0.6 is 11.6 Å². The number of hydrogen-bond donors (Lipinski definition) is 1. The molecule has 4 rings (SSSR count). The predicted molar refractivity (Wildman–Crippen MR) is 132 cm³/mol. The van der Waals surface area contributed by atoms with Gasteiger partial charge >= 0.3 is 18.6 Å². The number of aromatic nitrogens is 1. The molecule has 0 bridgehead atoms. The van der Waals surface area contributed by atoms with E-state index in [1.807, 2.05) is 0 Å². The predicted octanol–water partition coefficient (Wildman–Crippen LogP) is 6.90. The molecule has 0 aliphatic carbocycles. The first-order valence-corrected chi connectivity index (χ1v) is 12.3. The molecule has 1 saturated heterocycles. The summed E-state index contributed by atoms with van der Waals surface area (Å²) in [5, 5.41) is 3.17. The molecular weight excluding hydrogens is 548 g/mol. The number of likely N-dealkylation sites (tertiary alicyclic amines) is 1. The van der Waals surface area contributed by atoms with Crippen molar-refractivity contribution < 1.29 is 35.9 Å². The van der Waals surface area contributed by atoms with Gasteiger partial charge in [0.05, 0.1) is 10.7 Å². The smallest absolute Gasteiger partial charge is 0.428 e. The minimum atomic E-state index is -4.76. The molecule has 0 radical (unpaired) electrons. The van der Waals surface area contributed by atoms with E-state index in [-0.39, 0.29) is 35.8 Å². The highest BCUT2D eigenvalue weighted by molar-refractivity contribution is 6.30. The maximum absolute atomic E-state index is 13.8. The second-order valence-electron chi connectivity index (χ2n) is 9.19. The number of pyridine rings is 1. The maximum atomic E-state index is 13.8. The van der Waals surface area contributed by atoms with E-state index in [2.05, 4.69) is 15.0 Å². The van der Waals surface area contributed by atoms with Gasteiger partial charge in [0.25, 0.3) is 5.92 Å². The van der Waals surface area contributed by atoms with E-state index in [0.29, 0.717) is 5.56 Å². The molecule has 1 atom stereocenters. The molecule has 1 N–H and O–H groups in total. The van der Waals surface area contributed by atoms with Crippen LogP contribution in [0.3, 0.4) is 0 Å². The minimum absolute atomic E-state index is 0.0346. The average molecular weight is 572 g/mol. The fraction of sp³-hybridized carbons (Fsp3) is 0.333. The number of ether oxygens (including phenoxy) is 1. The van der Waals surface area contributed by atoms with Crippen molar-refractivity contribution in [1.82, 2.24) is 15.2 Å². The zero-order chi connectivity index (χ0) is 28.3. The Hall–Kier alpha value is -3.47. The van der Waals surface area contributed by atoms with Gasteiger partial charge in [-0.1, -0.05) is 54.1 Å². The van der Waals surface area contributed by atoms with Crippen molar-refractivity contribution in [3.63, 3.8) is 0 Å². The van der Waals surface area contributed by atoms with E-state index in [4.69, 9.17) is 11.6 Å². The summed E-state index contributed by atoms with van der Waals surface area (Å²) in [4.78, 5) is 19.1. The van der Waals surface area contributed by atoms with Crippen LogP contribution in [0.4, 0.5) is 31.1 Å². The Kier molecular flexibility index (Phi) is 8.29. The third-order valence-electron chi connectivity index (χ3n) is 6.41. The number of nitrogens with zero attached hydrogens (tertiary/aromatic N) is 2. The van der Waals surface area contributed by atoms with E-state index in [0.717, 1.165) is 12.1 Å². The molecule has 3 aromatic rings. The van der Waals surface area contributed by atoms with Crippen molar-refractivity contribution in [2.75, 3.05) is 13.1 Å². The number of alkyl halides is 6. The lowest BCUT2D eigenvalue weighted by atomic mass is 9.80. The van der Waals surface area contributed by atoms with Crippen molar-refractivity contribution in [2.45, 2.75) is 43.3 Å². The normalized spacial score (nSPS) is 17.0. The molecule has 1 aliphatic rings. The molecule has 39 heavy (non-hydrogen) atoms. The second-order valence-corrected chi connectivity index (χ2v) is 9.63. The number of carbonyl (C=O) groups is 1. The maximum Gasteiger partial charge on any atom is 0.461 e. The van der Waals surface area contributed by atoms with Gasteiger partial charge in [-0.15, -0.1) is 0 Å². The lowest BCUT2D eigenvalue weighted by Crippen LogP contribution is -2.55. The highest BCUT2D eigenvalue weighted by Crippen LogP contribution is 2.37. The van der Waals surface area contributed by atoms with Crippen molar-refractivity contribution in [3.8, 4) is 5.75 Å². The topological polar surface area (TPSA) is 54.5 Å². The number of rotatable bonds is 8. The largest absolute Gasteiger partial charge is 0.461 e. The molecule has 2 amide bonds. The quantitative estimate of drug-likeness (QED) is 0.299. The number of nitrogens with one attached hydrogen (secondary N) is 1. The van der Waals surface area contributed by atoms with Crippen LogP contribution in [0, 0.1) is 0 Å². The van der Waals surface area contributed by atoms with E-state index in [1.165, 1.54) is 35.4 Å². The van der Waals surface area contributed by atoms with Crippen LogP contribution < -0.4 is 10.1 Å². The number of halogens is 7. The third-order valence-corrected chi connectivity index (χ3v) is 6.64. The van der Waals surface area contributed by atoms with E-state index in [9.17, 15) is 31.1 Å². The number of urea groups is 1. The zero-order valence-electron chi connectivity index (χ0n) is 20.4. The Balaban J connectivity index is 1.82.